The van der Waals surface area contributed by atoms with Gasteiger partial charge in [-0.05, 0) is 46.5 Å². The van der Waals surface area contributed by atoms with Gasteiger partial charge in [0.05, 0.1) is 5.02 Å². The van der Waals surface area contributed by atoms with Gasteiger partial charge in [-0.3, -0.25) is 14.5 Å². The Kier molecular flexibility index (Phi) is 4.36. The number of nitrogens with zero attached hydrogens (tertiary/aromatic N) is 1. The Morgan fingerprint density at radius 3 is 2.43 bits per heavy atom. The molecule has 0 saturated carbocycles. The number of benzene rings is 1. The first-order valence-electron chi connectivity index (χ1n) is 6.71. The van der Waals surface area contributed by atoms with Gasteiger partial charge in [-0.25, -0.2) is 0 Å². The second-order valence-electron chi connectivity index (χ2n) is 6.29. The average molecular weight is 374 g/mol. The predicted molar refractivity (Wildman–Crippen MR) is 87.5 cm³/mol. The molecule has 0 bridgehead atoms. The Morgan fingerprint density at radius 1 is 1.29 bits per heavy atom. The smallest absolute Gasteiger partial charge is 0.250 e. The molecule has 2 rings (SSSR count). The number of halogens is 2. The molecule has 0 aromatic heterocycles. The van der Waals surface area contributed by atoms with Crippen LogP contribution in [0.2, 0.25) is 5.02 Å². The highest BCUT2D eigenvalue weighted by molar-refractivity contribution is 9.10. The number of carbonyl (C=O) groups is 2. The molecule has 1 fully saturated rings. The Labute approximate surface area is 138 Å². The quantitative estimate of drug-likeness (QED) is 0.820. The van der Waals surface area contributed by atoms with E-state index >= 15 is 0 Å². The van der Waals surface area contributed by atoms with Crippen molar-refractivity contribution in [2.45, 2.75) is 39.8 Å². The molecular formula is C15H18BrClN2O2. The van der Waals surface area contributed by atoms with E-state index in [2.05, 4.69) is 21.2 Å². The average Bonchev–Trinajstić information content (AvgIpc) is 2.37. The maximum Gasteiger partial charge on any atom is 0.250 e. The van der Waals surface area contributed by atoms with Crippen molar-refractivity contribution in [2.75, 3.05) is 4.90 Å². The zero-order valence-electron chi connectivity index (χ0n) is 12.4. The highest BCUT2D eigenvalue weighted by Gasteiger charge is 2.44. The zero-order valence-corrected chi connectivity index (χ0v) is 14.7. The van der Waals surface area contributed by atoms with Gasteiger partial charge in [-0.2, -0.15) is 0 Å². The molecule has 0 aliphatic carbocycles. The fraction of sp³-hybridized carbons (Fsp3) is 0.467. The summed E-state index contributed by atoms with van der Waals surface area (Å²) >= 11 is 9.43. The van der Waals surface area contributed by atoms with Gasteiger partial charge in [-0.15, -0.1) is 0 Å². The van der Waals surface area contributed by atoms with Gasteiger partial charge in [-0.1, -0.05) is 32.4 Å². The molecule has 1 aromatic carbocycles. The maximum absolute atomic E-state index is 12.8. The SMILES string of the molecule is CC1C(=O)NC(C(C)(C)C)C(=O)N1c1ccc(Br)c(Cl)c1. The first-order valence-corrected chi connectivity index (χ1v) is 7.88. The number of hydrogen-bond donors (Lipinski definition) is 1. The zero-order chi connectivity index (χ0) is 15.9. The van der Waals surface area contributed by atoms with E-state index in [4.69, 9.17) is 11.6 Å². The number of amides is 2. The standard InChI is InChI=1S/C15H18BrClN2O2/c1-8-13(20)18-12(15(2,3)4)14(21)19(8)9-5-6-10(16)11(17)7-9/h5-8,12H,1-4H3,(H,18,20). The molecule has 114 valence electrons. The fourth-order valence-electron chi connectivity index (χ4n) is 2.34. The number of rotatable bonds is 1. The minimum absolute atomic E-state index is 0.118. The molecular weight excluding hydrogens is 356 g/mol. The maximum atomic E-state index is 12.8. The molecule has 0 radical (unpaired) electrons. The lowest BCUT2D eigenvalue weighted by Gasteiger charge is -2.42. The summed E-state index contributed by atoms with van der Waals surface area (Å²) in [5.74, 6) is -0.276. The molecule has 4 nitrogen and oxygen atoms in total. The van der Waals surface area contributed by atoms with Crippen LogP contribution in [0, 0.1) is 5.41 Å². The third-order valence-electron chi connectivity index (χ3n) is 3.59. The molecule has 2 amide bonds. The highest BCUT2D eigenvalue weighted by Crippen LogP contribution is 2.32. The Bertz CT molecular complexity index is 598. The molecule has 1 saturated heterocycles. The van der Waals surface area contributed by atoms with Crippen LogP contribution < -0.4 is 10.2 Å². The van der Waals surface area contributed by atoms with Gasteiger partial charge < -0.3 is 5.32 Å². The van der Waals surface area contributed by atoms with Crippen LogP contribution >= 0.6 is 27.5 Å². The predicted octanol–water partition coefficient (Wildman–Crippen LogP) is 3.37. The number of anilines is 1. The van der Waals surface area contributed by atoms with E-state index in [1.165, 1.54) is 4.90 Å². The summed E-state index contributed by atoms with van der Waals surface area (Å²) in [5, 5.41) is 3.31. The van der Waals surface area contributed by atoms with Gasteiger partial charge >= 0.3 is 0 Å². The Hall–Kier alpha value is -1.07. The lowest BCUT2D eigenvalue weighted by molar-refractivity contribution is -0.136. The lowest BCUT2D eigenvalue weighted by atomic mass is 9.84. The van der Waals surface area contributed by atoms with Crippen molar-refractivity contribution in [2.24, 2.45) is 5.41 Å². The second-order valence-corrected chi connectivity index (χ2v) is 7.55. The lowest BCUT2D eigenvalue weighted by Crippen LogP contribution is -2.66. The van der Waals surface area contributed by atoms with Crippen LogP contribution in [0.3, 0.4) is 0 Å². The van der Waals surface area contributed by atoms with E-state index in [1.54, 1.807) is 25.1 Å². The van der Waals surface area contributed by atoms with Crippen LogP contribution in [0.4, 0.5) is 5.69 Å². The minimum Gasteiger partial charge on any atom is -0.342 e. The number of carbonyl (C=O) groups excluding carboxylic acids is 2. The summed E-state index contributed by atoms with van der Waals surface area (Å²) in [7, 11) is 0. The van der Waals surface area contributed by atoms with Gasteiger partial charge in [0, 0.05) is 10.2 Å². The van der Waals surface area contributed by atoms with Crippen molar-refractivity contribution < 1.29 is 9.59 Å². The van der Waals surface area contributed by atoms with Crippen LogP contribution in [0.15, 0.2) is 22.7 Å². The highest BCUT2D eigenvalue weighted by atomic mass is 79.9. The second kappa shape index (κ2) is 5.61. The number of hydrogen-bond acceptors (Lipinski definition) is 2. The van der Waals surface area contributed by atoms with Gasteiger partial charge in [0.15, 0.2) is 0 Å². The van der Waals surface area contributed by atoms with E-state index in [1.807, 2.05) is 20.8 Å². The van der Waals surface area contributed by atoms with Crippen LogP contribution in [0.5, 0.6) is 0 Å². The van der Waals surface area contributed by atoms with Crippen LogP contribution in [0.1, 0.15) is 27.7 Å². The molecule has 2 atom stereocenters. The monoisotopic (exact) mass is 372 g/mol. The largest absolute Gasteiger partial charge is 0.342 e. The van der Waals surface area contributed by atoms with Gasteiger partial charge in [0.1, 0.15) is 12.1 Å². The molecule has 6 heteroatoms. The number of piperazine rings is 1. The van der Waals surface area contributed by atoms with Gasteiger partial charge in [0.2, 0.25) is 5.91 Å². The summed E-state index contributed by atoms with van der Waals surface area (Å²) in [6.07, 6.45) is 0. The third-order valence-corrected chi connectivity index (χ3v) is 4.82. The normalized spacial score (nSPS) is 23.2. The molecule has 1 aromatic rings. The van der Waals surface area contributed by atoms with E-state index < -0.39 is 12.1 Å². The number of nitrogens with one attached hydrogen (secondary N) is 1. The van der Waals surface area contributed by atoms with E-state index in [0.717, 1.165) is 4.47 Å². The van der Waals surface area contributed by atoms with E-state index in [0.29, 0.717) is 10.7 Å². The summed E-state index contributed by atoms with van der Waals surface area (Å²) in [6, 6.07) is 4.13. The van der Waals surface area contributed by atoms with Gasteiger partial charge in [0.25, 0.3) is 5.91 Å². The van der Waals surface area contributed by atoms with Crippen LogP contribution in [0.25, 0.3) is 0 Å². The van der Waals surface area contributed by atoms with E-state index in [9.17, 15) is 9.59 Å². The summed E-state index contributed by atoms with van der Waals surface area (Å²) in [4.78, 5) is 26.5. The van der Waals surface area contributed by atoms with Crippen molar-refractivity contribution in [3.63, 3.8) is 0 Å². The summed E-state index contributed by atoms with van der Waals surface area (Å²) < 4.78 is 0.752. The van der Waals surface area contributed by atoms with Crippen molar-refractivity contribution in [3.8, 4) is 0 Å². The van der Waals surface area contributed by atoms with E-state index in [-0.39, 0.29) is 17.2 Å². The molecule has 1 aliphatic rings. The first-order chi connectivity index (χ1) is 9.62. The Balaban J connectivity index is 2.46. The van der Waals surface area contributed by atoms with Crippen molar-refractivity contribution in [1.82, 2.24) is 5.32 Å². The molecule has 1 aliphatic heterocycles. The van der Waals surface area contributed by atoms with Crippen molar-refractivity contribution >= 4 is 45.0 Å². The molecule has 2 unspecified atom stereocenters. The molecule has 1 N–H and O–H groups in total. The molecule has 0 spiro atoms. The minimum atomic E-state index is -0.562. The fourth-order valence-corrected chi connectivity index (χ4v) is 2.77. The summed E-state index contributed by atoms with van der Waals surface area (Å²) in [5.41, 5.74) is 0.273. The summed E-state index contributed by atoms with van der Waals surface area (Å²) in [6.45, 7) is 7.50. The van der Waals surface area contributed by atoms with Crippen LogP contribution in [-0.2, 0) is 9.59 Å². The first kappa shape index (κ1) is 16.3. The van der Waals surface area contributed by atoms with Crippen molar-refractivity contribution in [3.05, 3.63) is 27.7 Å². The molecule has 21 heavy (non-hydrogen) atoms. The topological polar surface area (TPSA) is 49.4 Å². The molecule has 1 heterocycles. The van der Waals surface area contributed by atoms with Crippen molar-refractivity contribution in [1.29, 1.82) is 0 Å². The Morgan fingerprint density at radius 2 is 1.90 bits per heavy atom. The third kappa shape index (κ3) is 3.09. The van der Waals surface area contributed by atoms with Crippen LogP contribution in [-0.4, -0.2) is 23.9 Å².